The van der Waals surface area contributed by atoms with Gasteiger partial charge in [0.1, 0.15) is 5.75 Å². The maximum absolute atomic E-state index is 13.1. The number of aryl methyl sites for hydroxylation is 1. The summed E-state index contributed by atoms with van der Waals surface area (Å²) in [7, 11) is 1.64. The second-order valence-electron chi connectivity index (χ2n) is 6.48. The van der Waals surface area contributed by atoms with E-state index in [1.54, 1.807) is 7.11 Å². The summed E-state index contributed by atoms with van der Waals surface area (Å²) in [5.41, 5.74) is 4.89. The molecule has 27 heavy (non-hydrogen) atoms. The number of benzene rings is 3. The van der Waals surface area contributed by atoms with Gasteiger partial charge in [0.05, 0.1) is 12.6 Å². The Bertz CT molecular complexity index is 1140. The van der Waals surface area contributed by atoms with E-state index in [1.165, 1.54) is 5.56 Å². The van der Waals surface area contributed by atoms with Gasteiger partial charge in [-0.25, -0.2) is 0 Å². The Morgan fingerprint density at radius 1 is 0.852 bits per heavy atom. The van der Waals surface area contributed by atoms with Crippen molar-refractivity contribution in [3.05, 3.63) is 89.2 Å². The van der Waals surface area contributed by atoms with E-state index in [1.807, 2.05) is 54.7 Å². The fourth-order valence-electron chi connectivity index (χ4n) is 3.44. The van der Waals surface area contributed by atoms with Crippen LogP contribution in [0.1, 0.15) is 6.92 Å². The number of hydrogen-bond donors (Lipinski definition) is 0. The zero-order valence-electron chi connectivity index (χ0n) is 15.5. The first-order valence-electron chi connectivity index (χ1n) is 9.08. The zero-order valence-corrected chi connectivity index (χ0v) is 15.5. The van der Waals surface area contributed by atoms with Crippen LogP contribution in [0.15, 0.2) is 83.8 Å². The van der Waals surface area contributed by atoms with Gasteiger partial charge in [-0.15, -0.1) is 0 Å². The Balaban J connectivity index is 1.84. The van der Waals surface area contributed by atoms with Gasteiger partial charge in [0.15, 0.2) is 5.43 Å². The van der Waals surface area contributed by atoms with Gasteiger partial charge >= 0.3 is 0 Å². The standard InChI is InChI=1S/C24H21NO2/c1-3-25-16-22(24(26)21-14-13-20(27-2)15-23(21)25)19-11-9-18(10-12-19)17-7-5-4-6-8-17/h4-16H,3H2,1-2H3. The van der Waals surface area contributed by atoms with Crippen molar-refractivity contribution < 1.29 is 4.74 Å². The second-order valence-corrected chi connectivity index (χ2v) is 6.48. The molecule has 3 heteroatoms. The van der Waals surface area contributed by atoms with Crippen LogP contribution in [0.2, 0.25) is 0 Å². The summed E-state index contributed by atoms with van der Waals surface area (Å²) in [4.78, 5) is 13.1. The summed E-state index contributed by atoms with van der Waals surface area (Å²) in [6.45, 7) is 2.85. The summed E-state index contributed by atoms with van der Waals surface area (Å²) >= 11 is 0. The van der Waals surface area contributed by atoms with Gasteiger partial charge < -0.3 is 9.30 Å². The third-order valence-corrected chi connectivity index (χ3v) is 4.93. The highest BCUT2D eigenvalue weighted by atomic mass is 16.5. The van der Waals surface area contributed by atoms with E-state index in [0.717, 1.165) is 28.9 Å². The highest BCUT2D eigenvalue weighted by molar-refractivity contribution is 5.85. The molecular weight excluding hydrogens is 334 g/mol. The van der Waals surface area contributed by atoms with Crippen LogP contribution in [-0.4, -0.2) is 11.7 Å². The van der Waals surface area contributed by atoms with Gasteiger partial charge in [0, 0.05) is 29.8 Å². The fraction of sp³-hybridized carbons (Fsp3) is 0.125. The topological polar surface area (TPSA) is 31.2 Å². The van der Waals surface area contributed by atoms with Crippen LogP contribution in [0.25, 0.3) is 33.2 Å². The minimum atomic E-state index is 0.0461. The van der Waals surface area contributed by atoms with E-state index < -0.39 is 0 Å². The Hall–Kier alpha value is -3.33. The molecule has 0 amide bonds. The van der Waals surface area contributed by atoms with Crippen LogP contribution < -0.4 is 10.2 Å². The van der Waals surface area contributed by atoms with Gasteiger partial charge in [0.25, 0.3) is 0 Å². The largest absolute Gasteiger partial charge is 0.497 e. The first-order valence-corrected chi connectivity index (χ1v) is 9.08. The molecule has 3 nitrogen and oxygen atoms in total. The smallest absolute Gasteiger partial charge is 0.197 e. The van der Waals surface area contributed by atoms with Crippen LogP contribution in [0, 0.1) is 0 Å². The van der Waals surface area contributed by atoms with E-state index in [2.05, 4.69) is 35.8 Å². The van der Waals surface area contributed by atoms with Crippen LogP contribution in [0.4, 0.5) is 0 Å². The van der Waals surface area contributed by atoms with Crippen molar-refractivity contribution in [2.24, 2.45) is 0 Å². The number of ether oxygens (including phenoxy) is 1. The third kappa shape index (κ3) is 3.13. The SMILES string of the molecule is CCn1cc(-c2ccc(-c3ccccc3)cc2)c(=O)c2ccc(OC)cc21. The van der Waals surface area contributed by atoms with Crippen LogP contribution in [0.3, 0.4) is 0 Å². The molecule has 0 aliphatic rings. The quantitative estimate of drug-likeness (QED) is 0.493. The van der Waals surface area contributed by atoms with Gasteiger partial charge in [-0.3, -0.25) is 4.79 Å². The van der Waals surface area contributed by atoms with Crippen LogP contribution >= 0.6 is 0 Å². The van der Waals surface area contributed by atoms with Crippen molar-refractivity contribution in [2.75, 3.05) is 7.11 Å². The number of pyridine rings is 1. The summed E-state index contributed by atoms with van der Waals surface area (Å²) in [5.74, 6) is 0.754. The van der Waals surface area contributed by atoms with E-state index in [0.29, 0.717) is 10.9 Å². The number of methoxy groups -OCH3 is 1. The second kappa shape index (κ2) is 7.12. The van der Waals surface area contributed by atoms with Crippen molar-refractivity contribution in [1.82, 2.24) is 4.57 Å². The fourth-order valence-corrected chi connectivity index (χ4v) is 3.44. The van der Waals surface area contributed by atoms with E-state index in [4.69, 9.17) is 4.74 Å². The average Bonchev–Trinajstić information content (AvgIpc) is 2.74. The molecule has 0 aliphatic carbocycles. The summed E-state index contributed by atoms with van der Waals surface area (Å²) in [5, 5.41) is 0.710. The Morgan fingerprint density at radius 2 is 1.52 bits per heavy atom. The van der Waals surface area contributed by atoms with Crippen LogP contribution in [0.5, 0.6) is 5.75 Å². The van der Waals surface area contributed by atoms with Crippen molar-refractivity contribution >= 4 is 10.9 Å². The number of rotatable bonds is 4. The number of aromatic nitrogens is 1. The Labute approximate surface area is 158 Å². The van der Waals surface area contributed by atoms with E-state index in [-0.39, 0.29) is 5.43 Å². The predicted octanol–water partition coefficient (Wildman–Crippen LogP) is 5.36. The minimum Gasteiger partial charge on any atom is -0.497 e. The molecule has 0 N–H and O–H groups in total. The van der Waals surface area contributed by atoms with Gasteiger partial charge in [-0.1, -0.05) is 54.6 Å². The van der Waals surface area contributed by atoms with Crippen molar-refractivity contribution in [1.29, 1.82) is 0 Å². The summed E-state index contributed by atoms with van der Waals surface area (Å²) in [6, 6.07) is 24.0. The van der Waals surface area contributed by atoms with Crippen molar-refractivity contribution in [3.63, 3.8) is 0 Å². The monoisotopic (exact) mass is 355 g/mol. The molecule has 0 atom stereocenters. The molecule has 0 bridgehead atoms. The molecule has 1 heterocycles. The molecule has 4 rings (SSSR count). The lowest BCUT2D eigenvalue weighted by atomic mass is 10.00. The molecule has 0 aliphatic heterocycles. The molecule has 0 saturated carbocycles. The summed E-state index contributed by atoms with van der Waals surface area (Å²) < 4.78 is 7.41. The minimum absolute atomic E-state index is 0.0461. The molecule has 134 valence electrons. The van der Waals surface area contributed by atoms with E-state index >= 15 is 0 Å². The number of fused-ring (bicyclic) bond motifs is 1. The molecular formula is C24H21NO2. The van der Waals surface area contributed by atoms with Crippen molar-refractivity contribution in [3.8, 4) is 28.0 Å². The highest BCUT2D eigenvalue weighted by Gasteiger charge is 2.11. The lowest BCUT2D eigenvalue weighted by molar-refractivity contribution is 0.415. The Morgan fingerprint density at radius 3 is 2.19 bits per heavy atom. The Kier molecular flexibility index (Phi) is 4.51. The maximum atomic E-state index is 13.1. The van der Waals surface area contributed by atoms with Gasteiger partial charge in [-0.05, 0) is 35.7 Å². The number of hydrogen-bond acceptors (Lipinski definition) is 2. The molecule has 1 aromatic heterocycles. The third-order valence-electron chi connectivity index (χ3n) is 4.93. The lowest BCUT2D eigenvalue weighted by Gasteiger charge is -2.13. The molecule has 0 radical (unpaired) electrons. The predicted molar refractivity (Wildman–Crippen MR) is 111 cm³/mol. The molecule has 0 fully saturated rings. The summed E-state index contributed by atoms with van der Waals surface area (Å²) in [6.07, 6.45) is 1.95. The van der Waals surface area contributed by atoms with E-state index in [9.17, 15) is 4.79 Å². The first kappa shape index (κ1) is 17.1. The number of nitrogens with zero attached hydrogens (tertiary/aromatic N) is 1. The maximum Gasteiger partial charge on any atom is 0.197 e. The normalized spacial score (nSPS) is 10.9. The average molecular weight is 355 g/mol. The molecule has 0 saturated heterocycles. The van der Waals surface area contributed by atoms with Gasteiger partial charge in [0.2, 0.25) is 0 Å². The molecule has 3 aromatic carbocycles. The lowest BCUT2D eigenvalue weighted by Crippen LogP contribution is -2.11. The zero-order chi connectivity index (χ0) is 18.8. The van der Waals surface area contributed by atoms with Gasteiger partial charge in [-0.2, -0.15) is 0 Å². The molecule has 4 aromatic rings. The first-order chi connectivity index (χ1) is 13.2. The van der Waals surface area contributed by atoms with Crippen molar-refractivity contribution in [2.45, 2.75) is 13.5 Å². The molecule has 0 spiro atoms. The van der Waals surface area contributed by atoms with Crippen LogP contribution in [-0.2, 0) is 6.54 Å². The highest BCUT2D eigenvalue weighted by Crippen LogP contribution is 2.26. The molecule has 0 unspecified atom stereocenters.